The molecule has 1 fully saturated rings. The number of benzene rings is 1. The van der Waals surface area contributed by atoms with Gasteiger partial charge in [0.15, 0.2) is 0 Å². The van der Waals surface area contributed by atoms with Crippen LogP contribution in [-0.2, 0) is 26.2 Å². The maximum Gasteiger partial charge on any atom is 0.324 e. The monoisotopic (exact) mass is 378 g/mol. The highest BCUT2D eigenvalue weighted by atomic mass is 32.2. The van der Waals surface area contributed by atoms with Crippen LogP contribution in [0.25, 0.3) is 0 Å². The van der Waals surface area contributed by atoms with E-state index in [0.717, 1.165) is 5.56 Å². The van der Waals surface area contributed by atoms with Crippen molar-refractivity contribution in [2.75, 3.05) is 6.54 Å². The molecule has 1 aliphatic heterocycles. The van der Waals surface area contributed by atoms with Crippen LogP contribution in [0.2, 0.25) is 0 Å². The second-order valence-electron chi connectivity index (χ2n) is 6.50. The van der Waals surface area contributed by atoms with Crippen LogP contribution < -0.4 is 0 Å². The maximum atomic E-state index is 12.9. The van der Waals surface area contributed by atoms with Gasteiger partial charge in [-0.05, 0) is 45.7 Å². The minimum Gasteiger partial charge on any atom is -0.459 e. The molecule has 140 valence electrons. The Balaban J connectivity index is 1.75. The van der Waals surface area contributed by atoms with Crippen LogP contribution in [0.3, 0.4) is 0 Å². The molecule has 0 unspecified atom stereocenters. The van der Waals surface area contributed by atoms with Gasteiger partial charge in [0.1, 0.15) is 18.4 Å². The average molecular weight is 378 g/mol. The zero-order chi connectivity index (χ0) is 18.9. The zero-order valence-corrected chi connectivity index (χ0v) is 15.9. The predicted molar refractivity (Wildman–Crippen MR) is 93.9 cm³/mol. The molecule has 3 rings (SSSR count). The molecule has 1 atom stereocenters. The SMILES string of the molecule is Cc1ccc(S(=O)(=O)N2CCC[C@@H]2C(=O)OCc2c(C)noc2C)cc1. The maximum absolute atomic E-state index is 12.9. The fraction of sp³-hybridized carbons (Fsp3) is 0.444. The topological polar surface area (TPSA) is 89.7 Å². The number of carbonyl (C=O) groups is 1. The van der Waals surface area contributed by atoms with Crippen molar-refractivity contribution in [2.24, 2.45) is 0 Å². The molecule has 0 saturated carbocycles. The van der Waals surface area contributed by atoms with E-state index in [1.165, 1.54) is 4.31 Å². The summed E-state index contributed by atoms with van der Waals surface area (Å²) >= 11 is 0. The molecule has 1 saturated heterocycles. The fourth-order valence-corrected chi connectivity index (χ4v) is 4.70. The Morgan fingerprint density at radius 3 is 2.58 bits per heavy atom. The quantitative estimate of drug-likeness (QED) is 0.743. The molecule has 7 nitrogen and oxygen atoms in total. The zero-order valence-electron chi connectivity index (χ0n) is 15.1. The number of sulfonamides is 1. The van der Waals surface area contributed by atoms with Gasteiger partial charge in [0, 0.05) is 6.54 Å². The van der Waals surface area contributed by atoms with Crippen molar-refractivity contribution in [1.82, 2.24) is 9.46 Å². The fourth-order valence-electron chi connectivity index (χ4n) is 3.06. The molecule has 1 aliphatic rings. The molecule has 0 aliphatic carbocycles. The van der Waals surface area contributed by atoms with Gasteiger partial charge in [0.05, 0.1) is 16.2 Å². The molecule has 26 heavy (non-hydrogen) atoms. The largest absolute Gasteiger partial charge is 0.459 e. The number of aryl methyl sites for hydroxylation is 3. The van der Waals surface area contributed by atoms with Gasteiger partial charge in [-0.15, -0.1) is 0 Å². The van der Waals surface area contributed by atoms with Crippen LogP contribution in [0.4, 0.5) is 0 Å². The minimum atomic E-state index is -3.74. The molecule has 2 heterocycles. The van der Waals surface area contributed by atoms with Gasteiger partial charge in [0.25, 0.3) is 0 Å². The number of hydrogen-bond acceptors (Lipinski definition) is 6. The Hall–Kier alpha value is -2.19. The molecule has 0 N–H and O–H groups in total. The first-order valence-corrected chi connectivity index (χ1v) is 9.91. The summed E-state index contributed by atoms with van der Waals surface area (Å²) in [6.07, 6.45) is 1.07. The summed E-state index contributed by atoms with van der Waals surface area (Å²) in [5.74, 6) is 0.0454. The number of aromatic nitrogens is 1. The van der Waals surface area contributed by atoms with E-state index < -0.39 is 22.0 Å². The minimum absolute atomic E-state index is 0.0227. The number of carbonyl (C=O) groups excluding carboxylic acids is 1. The first kappa shape index (κ1) is 18.6. The van der Waals surface area contributed by atoms with E-state index in [2.05, 4.69) is 5.16 Å². The van der Waals surface area contributed by atoms with Crippen LogP contribution in [-0.4, -0.2) is 36.4 Å². The van der Waals surface area contributed by atoms with E-state index in [-0.39, 0.29) is 11.5 Å². The normalized spacial score (nSPS) is 18.2. The lowest BCUT2D eigenvalue weighted by Crippen LogP contribution is -2.41. The Labute approximate surface area is 153 Å². The number of nitrogens with zero attached hydrogens (tertiary/aromatic N) is 2. The van der Waals surface area contributed by atoms with Crippen molar-refractivity contribution in [1.29, 1.82) is 0 Å². The van der Waals surface area contributed by atoms with E-state index in [1.807, 2.05) is 6.92 Å². The van der Waals surface area contributed by atoms with Crippen molar-refractivity contribution in [3.63, 3.8) is 0 Å². The van der Waals surface area contributed by atoms with Gasteiger partial charge in [0.2, 0.25) is 10.0 Å². The summed E-state index contributed by atoms with van der Waals surface area (Å²) in [4.78, 5) is 12.7. The first-order valence-electron chi connectivity index (χ1n) is 8.47. The summed E-state index contributed by atoms with van der Waals surface area (Å²) in [6.45, 7) is 5.73. The standard InChI is InChI=1S/C18H22N2O5S/c1-12-6-8-15(9-7-12)26(22,23)20-10-4-5-17(20)18(21)24-11-16-13(2)19-25-14(16)3/h6-9,17H,4-5,10-11H2,1-3H3/t17-/m1/s1. The molecular formula is C18H22N2O5S. The third-order valence-electron chi connectivity index (χ3n) is 4.64. The third-order valence-corrected chi connectivity index (χ3v) is 6.57. The molecule has 1 aromatic carbocycles. The number of esters is 1. The molecule has 0 bridgehead atoms. The van der Waals surface area contributed by atoms with Crippen LogP contribution >= 0.6 is 0 Å². The molecule has 1 aromatic heterocycles. The summed E-state index contributed by atoms with van der Waals surface area (Å²) in [5.41, 5.74) is 2.34. The van der Waals surface area contributed by atoms with E-state index in [1.54, 1.807) is 38.1 Å². The van der Waals surface area contributed by atoms with Crippen molar-refractivity contribution in [3.8, 4) is 0 Å². The molecular weight excluding hydrogens is 356 g/mol. The molecule has 8 heteroatoms. The van der Waals surface area contributed by atoms with Crippen molar-refractivity contribution >= 4 is 16.0 Å². The average Bonchev–Trinajstić information content (AvgIpc) is 3.21. The first-order chi connectivity index (χ1) is 12.3. The van der Waals surface area contributed by atoms with E-state index >= 15 is 0 Å². The van der Waals surface area contributed by atoms with E-state index in [9.17, 15) is 13.2 Å². The van der Waals surface area contributed by atoms with Crippen LogP contribution in [0.5, 0.6) is 0 Å². The lowest BCUT2D eigenvalue weighted by molar-refractivity contribution is -0.148. The Morgan fingerprint density at radius 1 is 1.27 bits per heavy atom. The van der Waals surface area contributed by atoms with E-state index in [4.69, 9.17) is 9.26 Å². The summed E-state index contributed by atoms with van der Waals surface area (Å²) in [5, 5.41) is 3.82. The van der Waals surface area contributed by atoms with Gasteiger partial charge >= 0.3 is 5.97 Å². The molecule has 0 spiro atoms. The van der Waals surface area contributed by atoms with Gasteiger partial charge in [-0.1, -0.05) is 22.9 Å². The number of rotatable bonds is 5. The third kappa shape index (κ3) is 3.52. The Kier molecular flexibility index (Phi) is 5.15. The van der Waals surface area contributed by atoms with Crippen LogP contribution in [0.1, 0.15) is 35.4 Å². The van der Waals surface area contributed by atoms with Crippen LogP contribution in [0, 0.1) is 20.8 Å². The van der Waals surface area contributed by atoms with Gasteiger partial charge in [-0.25, -0.2) is 8.42 Å². The molecule has 0 amide bonds. The van der Waals surface area contributed by atoms with Gasteiger partial charge in [-0.2, -0.15) is 4.31 Å². The lowest BCUT2D eigenvalue weighted by Gasteiger charge is -2.22. The number of hydrogen-bond donors (Lipinski definition) is 0. The highest BCUT2D eigenvalue weighted by Crippen LogP contribution is 2.27. The number of ether oxygens (including phenoxy) is 1. The highest BCUT2D eigenvalue weighted by molar-refractivity contribution is 7.89. The smallest absolute Gasteiger partial charge is 0.324 e. The summed E-state index contributed by atoms with van der Waals surface area (Å²) in [6, 6.07) is 5.81. The van der Waals surface area contributed by atoms with Crippen molar-refractivity contribution < 1.29 is 22.5 Å². The van der Waals surface area contributed by atoms with Crippen molar-refractivity contribution in [3.05, 3.63) is 46.8 Å². The highest BCUT2D eigenvalue weighted by Gasteiger charge is 2.40. The lowest BCUT2D eigenvalue weighted by atomic mass is 10.2. The van der Waals surface area contributed by atoms with Gasteiger partial charge in [-0.3, -0.25) is 4.79 Å². The molecule has 2 aromatic rings. The van der Waals surface area contributed by atoms with Crippen LogP contribution in [0.15, 0.2) is 33.7 Å². The second-order valence-corrected chi connectivity index (χ2v) is 8.39. The van der Waals surface area contributed by atoms with E-state index in [0.29, 0.717) is 36.4 Å². The molecule has 0 radical (unpaired) electrons. The van der Waals surface area contributed by atoms with Gasteiger partial charge < -0.3 is 9.26 Å². The Morgan fingerprint density at radius 2 is 1.96 bits per heavy atom. The summed E-state index contributed by atoms with van der Waals surface area (Å²) in [7, 11) is -3.74. The summed E-state index contributed by atoms with van der Waals surface area (Å²) < 4.78 is 37.4. The Bertz CT molecular complexity index is 883. The van der Waals surface area contributed by atoms with Crippen molar-refractivity contribution in [2.45, 2.75) is 51.2 Å². The predicted octanol–water partition coefficient (Wildman–Crippen LogP) is 2.50. The second kappa shape index (κ2) is 7.20.